The number of nitrogens with one attached hydrogen (secondary N) is 1. The van der Waals surface area contributed by atoms with Gasteiger partial charge >= 0.3 is 6.03 Å². The van der Waals surface area contributed by atoms with Crippen LogP contribution in [0.3, 0.4) is 0 Å². The molecule has 2 heterocycles. The minimum atomic E-state index is -0.777. The van der Waals surface area contributed by atoms with Gasteiger partial charge in [0.2, 0.25) is 5.91 Å². The van der Waals surface area contributed by atoms with Gasteiger partial charge in [-0.3, -0.25) is 14.5 Å². The molecule has 2 fully saturated rings. The van der Waals surface area contributed by atoms with E-state index in [4.69, 9.17) is 0 Å². The molecule has 0 bridgehead atoms. The average molecular weight is 355 g/mol. The van der Waals surface area contributed by atoms with Crippen LogP contribution in [0, 0.1) is 0 Å². The summed E-state index contributed by atoms with van der Waals surface area (Å²) in [5.74, 6) is -0.422. The van der Waals surface area contributed by atoms with Crippen LogP contribution in [0.25, 0.3) is 0 Å². The molecular formula is C20H25N3O3. The summed E-state index contributed by atoms with van der Waals surface area (Å²) >= 11 is 0. The van der Waals surface area contributed by atoms with Crippen molar-refractivity contribution in [2.24, 2.45) is 0 Å². The smallest absolute Gasteiger partial charge is 0.323 e. The molecule has 6 nitrogen and oxygen atoms in total. The quantitative estimate of drug-likeness (QED) is 0.829. The van der Waals surface area contributed by atoms with E-state index in [1.54, 1.807) is 4.90 Å². The monoisotopic (exact) mass is 355 g/mol. The zero-order chi connectivity index (χ0) is 18.3. The van der Waals surface area contributed by atoms with Gasteiger partial charge in [0.15, 0.2) is 0 Å². The maximum Gasteiger partial charge on any atom is 0.325 e. The largest absolute Gasteiger partial charge is 0.325 e. The van der Waals surface area contributed by atoms with Crippen LogP contribution in [0.4, 0.5) is 10.5 Å². The molecule has 1 aliphatic carbocycles. The van der Waals surface area contributed by atoms with Crippen LogP contribution in [0.15, 0.2) is 24.3 Å². The molecule has 3 aliphatic rings. The molecule has 138 valence electrons. The van der Waals surface area contributed by atoms with Gasteiger partial charge in [0.1, 0.15) is 12.1 Å². The Kier molecular flexibility index (Phi) is 4.21. The fourth-order valence-electron chi connectivity index (χ4n) is 4.59. The van der Waals surface area contributed by atoms with E-state index in [9.17, 15) is 14.4 Å². The van der Waals surface area contributed by atoms with E-state index in [0.717, 1.165) is 48.3 Å². The predicted octanol–water partition coefficient (Wildman–Crippen LogP) is 2.61. The molecular weight excluding hydrogens is 330 g/mol. The minimum absolute atomic E-state index is 0.0572. The Hall–Kier alpha value is -2.37. The van der Waals surface area contributed by atoms with Gasteiger partial charge in [0.05, 0.1) is 0 Å². The minimum Gasteiger partial charge on any atom is -0.323 e. The Bertz CT molecular complexity index is 754. The highest BCUT2D eigenvalue weighted by atomic mass is 16.2. The number of anilines is 1. The van der Waals surface area contributed by atoms with Crippen molar-refractivity contribution in [1.29, 1.82) is 0 Å². The lowest BCUT2D eigenvalue weighted by atomic mass is 9.82. The summed E-state index contributed by atoms with van der Waals surface area (Å²) in [6.45, 7) is 1.83. The summed E-state index contributed by atoms with van der Waals surface area (Å²) in [5.41, 5.74) is 1.26. The first kappa shape index (κ1) is 17.1. The first-order valence-electron chi connectivity index (χ1n) is 9.56. The predicted molar refractivity (Wildman–Crippen MR) is 97.8 cm³/mol. The third-order valence-corrected chi connectivity index (χ3v) is 6.04. The number of benzene rings is 1. The Labute approximate surface area is 153 Å². The number of hydrogen-bond donors (Lipinski definition) is 1. The summed E-state index contributed by atoms with van der Waals surface area (Å²) < 4.78 is 0. The van der Waals surface area contributed by atoms with Crippen LogP contribution in [0.1, 0.15) is 51.0 Å². The van der Waals surface area contributed by atoms with Crippen molar-refractivity contribution in [2.45, 2.75) is 63.5 Å². The van der Waals surface area contributed by atoms with E-state index in [2.05, 4.69) is 5.32 Å². The molecule has 0 aromatic heterocycles. The molecule has 4 rings (SSSR count). The molecule has 1 aromatic rings. The third-order valence-electron chi connectivity index (χ3n) is 6.04. The molecule has 6 heteroatoms. The maximum absolute atomic E-state index is 13.0. The standard InChI is InChI=1S/C20H25N3O3/c1-14-9-10-15-7-3-4-8-16(15)23(14)17(24)13-22-18(25)20(21-19(22)26)11-5-2-6-12-20/h3-4,7-8,14H,2,5-6,9-13H2,1H3,(H,21,26). The zero-order valence-electron chi connectivity index (χ0n) is 15.2. The topological polar surface area (TPSA) is 69.7 Å². The normalized spacial score (nSPS) is 24.6. The van der Waals surface area contributed by atoms with E-state index in [0.29, 0.717) is 12.8 Å². The molecule has 1 spiro atoms. The Morgan fingerprint density at radius 3 is 2.69 bits per heavy atom. The number of para-hydroxylation sites is 1. The Morgan fingerprint density at radius 2 is 1.92 bits per heavy atom. The van der Waals surface area contributed by atoms with Crippen molar-refractivity contribution in [2.75, 3.05) is 11.4 Å². The fourth-order valence-corrected chi connectivity index (χ4v) is 4.59. The summed E-state index contributed by atoms with van der Waals surface area (Å²) in [6.07, 6.45) is 6.12. The highest BCUT2D eigenvalue weighted by molar-refractivity contribution is 6.10. The second-order valence-corrected chi connectivity index (χ2v) is 7.74. The average Bonchev–Trinajstić information content (AvgIpc) is 2.86. The van der Waals surface area contributed by atoms with Crippen molar-refractivity contribution in [1.82, 2.24) is 10.2 Å². The highest BCUT2D eigenvalue weighted by Crippen LogP contribution is 2.34. The first-order chi connectivity index (χ1) is 12.5. The molecule has 1 aromatic carbocycles. The molecule has 1 N–H and O–H groups in total. The van der Waals surface area contributed by atoms with E-state index in [1.807, 2.05) is 31.2 Å². The second kappa shape index (κ2) is 6.41. The number of urea groups is 1. The number of amides is 4. The molecule has 1 atom stereocenters. The van der Waals surface area contributed by atoms with E-state index in [-0.39, 0.29) is 24.4 Å². The Morgan fingerprint density at radius 1 is 1.19 bits per heavy atom. The van der Waals surface area contributed by atoms with Gasteiger partial charge in [0, 0.05) is 11.7 Å². The van der Waals surface area contributed by atoms with Crippen LogP contribution >= 0.6 is 0 Å². The molecule has 1 saturated heterocycles. The Balaban J connectivity index is 1.55. The van der Waals surface area contributed by atoms with Crippen molar-refractivity contribution < 1.29 is 14.4 Å². The summed E-state index contributed by atoms with van der Waals surface area (Å²) in [6, 6.07) is 7.50. The number of hydrogen-bond acceptors (Lipinski definition) is 3. The van der Waals surface area contributed by atoms with Gasteiger partial charge in [0.25, 0.3) is 5.91 Å². The number of fused-ring (bicyclic) bond motifs is 1. The number of aryl methyl sites for hydroxylation is 1. The van der Waals surface area contributed by atoms with Crippen LogP contribution in [0.2, 0.25) is 0 Å². The van der Waals surface area contributed by atoms with Crippen LogP contribution < -0.4 is 10.2 Å². The van der Waals surface area contributed by atoms with Crippen molar-refractivity contribution >= 4 is 23.5 Å². The van der Waals surface area contributed by atoms with Gasteiger partial charge in [-0.25, -0.2) is 4.79 Å². The summed E-state index contributed by atoms with van der Waals surface area (Å²) in [4.78, 5) is 41.3. The second-order valence-electron chi connectivity index (χ2n) is 7.74. The van der Waals surface area contributed by atoms with Gasteiger partial charge in [-0.15, -0.1) is 0 Å². The van der Waals surface area contributed by atoms with Crippen molar-refractivity contribution in [3.63, 3.8) is 0 Å². The molecule has 1 unspecified atom stereocenters. The van der Waals surface area contributed by atoms with Gasteiger partial charge in [-0.1, -0.05) is 37.5 Å². The highest BCUT2D eigenvalue weighted by Gasteiger charge is 2.52. The lowest BCUT2D eigenvalue weighted by Crippen LogP contribution is -2.50. The van der Waals surface area contributed by atoms with Crippen molar-refractivity contribution in [3.05, 3.63) is 29.8 Å². The zero-order valence-corrected chi connectivity index (χ0v) is 15.2. The third kappa shape index (κ3) is 2.68. The molecule has 1 saturated carbocycles. The van der Waals surface area contributed by atoms with Gasteiger partial charge < -0.3 is 10.2 Å². The van der Waals surface area contributed by atoms with Crippen LogP contribution in [-0.4, -0.2) is 40.9 Å². The SMILES string of the molecule is CC1CCc2ccccc2N1C(=O)CN1C(=O)NC2(CCCCC2)C1=O. The van der Waals surface area contributed by atoms with Gasteiger partial charge in [-0.05, 0) is 44.2 Å². The fraction of sp³-hybridized carbons (Fsp3) is 0.550. The molecule has 0 radical (unpaired) electrons. The molecule has 26 heavy (non-hydrogen) atoms. The number of nitrogens with zero attached hydrogens (tertiary/aromatic N) is 2. The van der Waals surface area contributed by atoms with Gasteiger partial charge in [-0.2, -0.15) is 0 Å². The number of carbonyl (C=O) groups excluding carboxylic acids is 3. The van der Waals surface area contributed by atoms with E-state index < -0.39 is 11.6 Å². The lowest BCUT2D eigenvalue weighted by molar-refractivity contribution is -0.135. The molecule has 2 aliphatic heterocycles. The van der Waals surface area contributed by atoms with Crippen LogP contribution in [-0.2, 0) is 16.0 Å². The number of imide groups is 1. The first-order valence-corrected chi connectivity index (χ1v) is 9.56. The maximum atomic E-state index is 13.0. The van der Waals surface area contributed by atoms with Crippen molar-refractivity contribution in [3.8, 4) is 0 Å². The van der Waals surface area contributed by atoms with Crippen LogP contribution in [0.5, 0.6) is 0 Å². The van der Waals surface area contributed by atoms with E-state index in [1.165, 1.54) is 0 Å². The number of carbonyl (C=O) groups is 3. The summed E-state index contributed by atoms with van der Waals surface area (Å²) in [5, 5.41) is 2.87. The lowest BCUT2D eigenvalue weighted by Gasteiger charge is -2.36. The number of rotatable bonds is 2. The molecule has 4 amide bonds. The summed E-state index contributed by atoms with van der Waals surface area (Å²) in [7, 11) is 0. The van der Waals surface area contributed by atoms with E-state index >= 15 is 0 Å².